The third-order valence-electron chi connectivity index (χ3n) is 3.90. The Labute approximate surface area is 123 Å². The predicted molar refractivity (Wildman–Crippen MR) is 77.9 cm³/mol. The molecule has 0 aromatic heterocycles. The van der Waals surface area contributed by atoms with Crippen LogP contribution in [0.2, 0.25) is 0 Å². The fraction of sp³-hybridized carbons (Fsp3) is 0.467. The molecule has 6 heteroatoms. The van der Waals surface area contributed by atoms with Gasteiger partial charge in [-0.05, 0) is 25.0 Å². The summed E-state index contributed by atoms with van der Waals surface area (Å²) in [6.45, 7) is 1.35. The van der Waals surface area contributed by atoms with Crippen molar-refractivity contribution in [3.8, 4) is 11.8 Å². The summed E-state index contributed by atoms with van der Waals surface area (Å²) in [5.74, 6) is 0.331. The largest absolute Gasteiger partial charge is 0.495 e. The van der Waals surface area contributed by atoms with Crippen molar-refractivity contribution in [3.63, 3.8) is 0 Å². The number of methoxy groups -OCH3 is 1. The molecule has 1 fully saturated rings. The zero-order chi connectivity index (χ0) is 15.3. The molecule has 112 valence electrons. The van der Waals surface area contributed by atoms with Gasteiger partial charge in [0.15, 0.2) is 0 Å². The Bertz CT molecular complexity index is 560. The maximum absolute atomic E-state index is 12.6. The lowest BCUT2D eigenvalue weighted by Gasteiger charge is -2.34. The molecule has 0 radical (unpaired) electrons. The summed E-state index contributed by atoms with van der Waals surface area (Å²) in [5, 5.41) is 11.8. The number of carbonyl (C=O) groups is 1. The molecule has 3 N–H and O–H groups in total. The van der Waals surface area contributed by atoms with E-state index in [0.717, 1.165) is 0 Å². The molecule has 0 atom stereocenters. The van der Waals surface area contributed by atoms with E-state index < -0.39 is 5.41 Å². The first-order valence-electron chi connectivity index (χ1n) is 6.82. The highest BCUT2D eigenvalue weighted by atomic mass is 16.5. The fourth-order valence-corrected chi connectivity index (χ4v) is 2.40. The van der Waals surface area contributed by atoms with Crippen molar-refractivity contribution in [2.45, 2.75) is 12.8 Å². The van der Waals surface area contributed by atoms with Crippen LogP contribution in [0.4, 0.5) is 5.69 Å². The van der Waals surface area contributed by atoms with Gasteiger partial charge in [-0.1, -0.05) is 0 Å². The van der Waals surface area contributed by atoms with Crippen LogP contribution in [0.5, 0.6) is 5.75 Å². The maximum atomic E-state index is 12.6. The standard InChI is InChI=1S/C15H19N3O3/c1-20-13-8-11(9-16)2-3-12(13)18-14(19)15(10-17)4-6-21-7-5-15/h2-3,8H,4-7,10,17H2,1H3,(H,18,19). The van der Waals surface area contributed by atoms with Crippen LogP contribution in [0, 0.1) is 16.7 Å². The van der Waals surface area contributed by atoms with Crippen molar-refractivity contribution in [2.75, 3.05) is 32.2 Å². The van der Waals surface area contributed by atoms with Crippen LogP contribution in [0.25, 0.3) is 0 Å². The van der Waals surface area contributed by atoms with Gasteiger partial charge >= 0.3 is 0 Å². The summed E-state index contributed by atoms with van der Waals surface area (Å²) in [4.78, 5) is 12.6. The molecule has 1 aliphatic heterocycles. The number of hydrogen-bond donors (Lipinski definition) is 2. The van der Waals surface area contributed by atoms with E-state index in [4.69, 9.17) is 20.5 Å². The lowest BCUT2D eigenvalue weighted by Crippen LogP contribution is -2.46. The average molecular weight is 289 g/mol. The molecule has 0 saturated carbocycles. The second kappa shape index (κ2) is 6.57. The normalized spacial score (nSPS) is 16.8. The smallest absolute Gasteiger partial charge is 0.232 e. The number of carbonyl (C=O) groups excluding carboxylic acids is 1. The monoisotopic (exact) mass is 289 g/mol. The van der Waals surface area contributed by atoms with Gasteiger partial charge in [0, 0.05) is 25.8 Å². The minimum Gasteiger partial charge on any atom is -0.495 e. The van der Waals surface area contributed by atoms with Crippen molar-refractivity contribution in [2.24, 2.45) is 11.1 Å². The van der Waals surface area contributed by atoms with E-state index >= 15 is 0 Å². The molecule has 2 rings (SSSR count). The van der Waals surface area contributed by atoms with E-state index in [9.17, 15) is 4.79 Å². The molecule has 1 aliphatic rings. The van der Waals surface area contributed by atoms with Gasteiger partial charge in [-0.15, -0.1) is 0 Å². The Hall–Kier alpha value is -2.10. The SMILES string of the molecule is COc1cc(C#N)ccc1NC(=O)C1(CN)CCOCC1. The fourth-order valence-electron chi connectivity index (χ4n) is 2.40. The van der Waals surface area contributed by atoms with E-state index in [1.165, 1.54) is 7.11 Å². The second-order valence-corrected chi connectivity index (χ2v) is 5.08. The number of benzene rings is 1. The minimum atomic E-state index is -0.600. The number of nitrogens with zero attached hydrogens (tertiary/aromatic N) is 1. The first kappa shape index (κ1) is 15.3. The van der Waals surface area contributed by atoms with Crippen LogP contribution in [0.15, 0.2) is 18.2 Å². The van der Waals surface area contributed by atoms with Crippen molar-refractivity contribution in [3.05, 3.63) is 23.8 Å². The number of nitrogens with one attached hydrogen (secondary N) is 1. The Kier molecular flexibility index (Phi) is 4.78. The molecule has 0 spiro atoms. The zero-order valence-electron chi connectivity index (χ0n) is 12.0. The van der Waals surface area contributed by atoms with Gasteiger partial charge in [-0.3, -0.25) is 4.79 Å². The quantitative estimate of drug-likeness (QED) is 0.869. The first-order chi connectivity index (χ1) is 10.1. The third kappa shape index (κ3) is 3.15. The lowest BCUT2D eigenvalue weighted by molar-refractivity contribution is -0.130. The van der Waals surface area contributed by atoms with Crippen LogP contribution in [0.3, 0.4) is 0 Å². The molecule has 1 saturated heterocycles. The molecule has 0 aliphatic carbocycles. The summed E-state index contributed by atoms with van der Waals surface area (Å²) in [7, 11) is 1.50. The Morgan fingerprint density at radius 3 is 2.81 bits per heavy atom. The highest BCUT2D eigenvalue weighted by molar-refractivity contribution is 5.96. The van der Waals surface area contributed by atoms with E-state index in [0.29, 0.717) is 43.1 Å². The Morgan fingerprint density at radius 2 is 2.24 bits per heavy atom. The highest BCUT2D eigenvalue weighted by Gasteiger charge is 2.39. The van der Waals surface area contributed by atoms with Gasteiger partial charge in [0.1, 0.15) is 5.75 Å². The van der Waals surface area contributed by atoms with Crippen LogP contribution >= 0.6 is 0 Å². The predicted octanol–water partition coefficient (Wildman–Crippen LogP) is 1.26. The summed E-state index contributed by atoms with van der Waals surface area (Å²) in [5.41, 5.74) is 6.24. The van der Waals surface area contributed by atoms with E-state index in [-0.39, 0.29) is 12.5 Å². The van der Waals surface area contributed by atoms with Crippen molar-refractivity contribution >= 4 is 11.6 Å². The molecule has 1 aromatic rings. The van der Waals surface area contributed by atoms with E-state index in [1.807, 2.05) is 6.07 Å². The molecule has 1 heterocycles. The molecule has 0 unspecified atom stereocenters. The number of amides is 1. The van der Waals surface area contributed by atoms with Gasteiger partial charge in [-0.2, -0.15) is 5.26 Å². The van der Waals surface area contributed by atoms with Crippen LogP contribution in [-0.2, 0) is 9.53 Å². The lowest BCUT2D eigenvalue weighted by atomic mass is 9.79. The Morgan fingerprint density at radius 1 is 1.52 bits per heavy atom. The number of anilines is 1. The van der Waals surface area contributed by atoms with Crippen molar-refractivity contribution < 1.29 is 14.3 Å². The third-order valence-corrected chi connectivity index (χ3v) is 3.90. The van der Waals surface area contributed by atoms with Gasteiger partial charge in [0.05, 0.1) is 29.8 Å². The highest BCUT2D eigenvalue weighted by Crippen LogP contribution is 2.33. The molecule has 0 bridgehead atoms. The Balaban J connectivity index is 2.20. The molecular weight excluding hydrogens is 270 g/mol. The molecule has 1 aromatic carbocycles. The number of nitrogens with two attached hydrogens (primary N) is 1. The topological polar surface area (TPSA) is 97.4 Å². The number of nitriles is 1. The first-order valence-corrected chi connectivity index (χ1v) is 6.82. The van der Waals surface area contributed by atoms with Crippen LogP contribution in [-0.4, -0.2) is 32.8 Å². The summed E-state index contributed by atoms with van der Waals surface area (Å²) >= 11 is 0. The molecular formula is C15H19N3O3. The summed E-state index contributed by atoms with van der Waals surface area (Å²) in [6.07, 6.45) is 1.21. The van der Waals surface area contributed by atoms with Gasteiger partial charge in [-0.25, -0.2) is 0 Å². The zero-order valence-corrected chi connectivity index (χ0v) is 12.0. The molecule has 1 amide bonds. The minimum absolute atomic E-state index is 0.128. The van der Waals surface area contributed by atoms with Crippen LogP contribution in [0.1, 0.15) is 18.4 Å². The van der Waals surface area contributed by atoms with Gasteiger partial charge in [0.2, 0.25) is 5.91 Å². The van der Waals surface area contributed by atoms with E-state index in [1.54, 1.807) is 18.2 Å². The number of rotatable bonds is 4. The average Bonchev–Trinajstić information content (AvgIpc) is 2.55. The molecule has 6 nitrogen and oxygen atoms in total. The van der Waals surface area contributed by atoms with Crippen molar-refractivity contribution in [1.29, 1.82) is 5.26 Å². The maximum Gasteiger partial charge on any atom is 0.232 e. The van der Waals surface area contributed by atoms with Gasteiger partial charge < -0.3 is 20.5 Å². The van der Waals surface area contributed by atoms with E-state index in [2.05, 4.69) is 5.32 Å². The van der Waals surface area contributed by atoms with Crippen molar-refractivity contribution in [1.82, 2.24) is 0 Å². The summed E-state index contributed by atoms with van der Waals surface area (Å²) in [6, 6.07) is 6.93. The van der Waals surface area contributed by atoms with Crippen LogP contribution < -0.4 is 15.8 Å². The number of hydrogen-bond acceptors (Lipinski definition) is 5. The number of ether oxygens (including phenoxy) is 2. The summed E-state index contributed by atoms with van der Waals surface area (Å²) < 4.78 is 10.5. The van der Waals surface area contributed by atoms with Gasteiger partial charge in [0.25, 0.3) is 0 Å². The second-order valence-electron chi connectivity index (χ2n) is 5.08. The molecule has 21 heavy (non-hydrogen) atoms.